The summed E-state index contributed by atoms with van der Waals surface area (Å²) in [5.41, 5.74) is 0. The quantitative estimate of drug-likeness (QED) is 0.338. The van der Waals surface area contributed by atoms with Crippen LogP contribution in [0.5, 0.6) is 0 Å². The molecule has 0 aliphatic heterocycles. The first kappa shape index (κ1) is 29.4. The van der Waals surface area contributed by atoms with Gasteiger partial charge in [0.25, 0.3) is 0 Å². The molecule has 1 unspecified atom stereocenters. The fourth-order valence-corrected chi connectivity index (χ4v) is 4.68. The third-order valence-corrected chi connectivity index (χ3v) is 5.91. The maximum Gasteiger partial charge on any atom is -0.0809 e. The van der Waals surface area contributed by atoms with Gasteiger partial charge in [-0.25, -0.2) is 0 Å². The molecule has 0 spiro atoms. The van der Waals surface area contributed by atoms with Crippen LogP contribution in [-0.2, 0) is 0 Å². The van der Waals surface area contributed by atoms with Crippen molar-refractivity contribution in [3.63, 3.8) is 0 Å². The Morgan fingerprint density at radius 2 is 1.40 bits per heavy atom. The standard InChI is InChI=1S/C7H16NS2.3C2H5O.Sn/c1-4-10-7(2)5-9-6-8-3;3*1-2-3;/h7-8H,2,4-6H2,1,3H3;3*2H2,1H3;/q;3*-1;+3. The monoisotopic (exact) mass is 433 g/mol. The maximum atomic E-state index is 8.93. The summed E-state index contributed by atoms with van der Waals surface area (Å²) in [5, 5.41) is 30.8. The van der Waals surface area contributed by atoms with Crippen molar-refractivity contribution in [3.05, 3.63) is 0 Å². The van der Waals surface area contributed by atoms with Gasteiger partial charge in [0.05, 0.1) is 0 Å². The number of hydrogen-bond acceptors (Lipinski definition) is 6. The van der Waals surface area contributed by atoms with Crippen molar-refractivity contribution < 1.29 is 15.3 Å². The first-order valence-electron chi connectivity index (χ1n) is 6.82. The first-order chi connectivity index (χ1) is 9.59. The van der Waals surface area contributed by atoms with Crippen LogP contribution in [0.15, 0.2) is 0 Å². The Morgan fingerprint density at radius 3 is 1.65 bits per heavy atom. The van der Waals surface area contributed by atoms with Crippen LogP contribution in [0.1, 0.15) is 27.7 Å². The van der Waals surface area contributed by atoms with Crippen LogP contribution in [0.3, 0.4) is 0 Å². The van der Waals surface area contributed by atoms with E-state index in [2.05, 4.69) is 24.0 Å². The van der Waals surface area contributed by atoms with Crippen LogP contribution >= 0.6 is 23.5 Å². The zero-order chi connectivity index (χ0) is 16.6. The van der Waals surface area contributed by atoms with Gasteiger partial charge in [-0.3, -0.25) is 0 Å². The second-order valence-electron chi connectivity index (χ2n) is 3.02. The van der Waals surface area contributed by atoms with Gasteiger partial charge < -0.3 is 15.3 Å². The number of hydrogen-bond donors (Lipinski definition) is 1. The predicted octanol–water partition coefficient (Wildman–Crippen LogP) is -0.295. The summed E-state index contributed by atoms with van der Waals surface area (Å²) in [6.07, 6.45) is 0. The van der Waals surface area contributed by atoms with Crippen LogP contribution < -0.4 is 20.6 Å². The van der Waals surface area contributed by atoms with Gasteiger partial charge in [0.2, 0.25) is 0 Å². The molecule has 4 nitrogen and oxygen atoms in total. The molecule has 0 saturated carbocycles. The molecule has 7 heteroatoms. The molecule has 0 aliphatic rings. The third kappa shape index (κ3) is 50.6. The fraction of sp³-hybridized carbons (Fsp3) is 1.00. The molecular weight excluding hydrogens is 401 g/mol. The second-order valence-corrected chi connectivity index (χ2v) is 6.79. The minimum absolute atomic E-state index is 0. The molecule has 1 N–H and O–H groups in total. The van der Waals surface area contributed by atoms with Crippen LogP contribution in [-0.4, -0.2) is 72.0 Å². The van der Waals surface area contributed by atoms with Crippen molar-refractivity contribution >= 4 is 46.0 Å². The predicted molar refractivity (Wildman–Crippen MR) is 90.5 cm³/mol. The maximum absolute atomic E-state index is 8.93. The molecule has 0 bridgehead atoms. The summed E-state index contributed by atoms with van der Waals surface area (Å²) >= 11 is 5.78. The zero-order valence-electron chi connectivity index (χ0n) is 13.6. The molecule has 0 aromatic carbocycles. The summed E-state index contributed by atoms with van der Waals surface area (Å²) in [5.74, 6) is 3.67. The van der Waals surface area contributed by atoms with E-state index in [1.807, 2.05) is 18.8 Å². The van der Waals surface area contributed by atoms with Gasteiger partial charge in [-0.1, -0.05) is 20.8 Å². The Kier molecular flexibility index (Phi) is 54.3. The van der Waals surface area contributed by atoms with E-state index >= 15 is 0 Å². The molecule has 122 valence electrons. The van der Waals surface area contributed by atoms with Crippen LogP contribution in [0, 0.1) is 0 Å². The summed E-state index contributed by atoms with van der Waals surface area (Å²) in [6, 6.07) is 0. The normalized spacial score (nSPS) is 10.1. The topological polar surface area (TPSA) is 81.2 Å². The largest absolute Gasteiger partial charge is 0.855 e. The molecule has 0 heterocycles. The van der Waals surface area contributed by atoms with E-state index < -0.39 is 0 Å². The minimum Gasteiger partial charge on any atom is -0.855 e. The molecular formula is C13H31NO3S2Sn. The van der Waals surface area contributed by atoms with E-state index in [0.717, 1.165) is 11.1 Å². The van der Waals surface area contributed by atoms with Crippen molar-refractivity contribution in [2.75, 3.05) is 44.3 Å². The summed E-state index contributed by atoms with van der Waals surface area (Å²) in [7, 11) is 2.01. The molecule has 0 aromatic heterocycles. The number of nitrogens with one attached hydrogen (secondary N) is 1. The van der Waals surface area contributed by atoms with E-state index in [0.29, 0.717) is 0 Å². The SMILES string of the molecule is CCSC([CH2][Sn+3])CSCNC.CC[O-].CC[O-].CC[O-]. The van der Waals surface area contributed by atoms with Crippen molar-refractivity contribution in [3.8, 4) is 0 Å². The average molecular weight is 432 g/mol. The van der Waals surface area contributed by atoms with Gasteiger partial charge in [-0.15, -0.1) is 19.8 Å². The summed E-state index contributed by atoms with van der Waals surface area (Å²) in [6.45, 7) is 6.95. The van der Waals surface area contributed by atoms with E-state index in [4.69, 9.17) is 15.3 Å². The van der Waals surface area contributed by atoms with E-state index in [1.165, 1.54) is 15.9 Å². The van der Waals surface area contributed by atoms with E-state index in [1.54, 1.807) is 43.3 Å². The Labute approximate surface area is 148 Å². The van der Waals surface area contributed by atoms with Crippen LogP contribution in [0.4, 0.5) is 0 Å². The smallest absolute Gasteiger partial charge is 0.0809 e. The van der Waals surface area contributed by atoms with Gasteiger partial charge in [0, 0.05) is 0 Å². The Balaban J connectivity index is -0.000000117. The minimum atomic E-state index is 0. The molecule has 1 atom stereocenters. The van der Waals surface area contributed by atoms with Crippen molar-refractivity contribution in [2.24, 2.45) is 0 Å². The summed E-state index contributed by atoms with van der Waals surface area (Å²) < 4.78 is 1.39. The van der Waals surface area contributed by atoms with E-state index in [-0.39, 0.29) is 19.8 Å². The second kappa shape index (κ2) is 37.0. The average Bonchev–Trinajstić information content (AvgIpc) is 2.41. The van der Waals surface area contributed by atoms with Crippen molar-refractivity contribution in [1.29, 1.82) is 0 Å². The van der Waals surface area contributed by atoms with Gasteiger partial charge >= 0.3 is 92.4 Å². The Hall–Kier alpha value is 1.34. The molecule has 0 aromatic rings. The van der Waals surface area contributed by atoms with E-state index in [9.17, 15) is 0 Å². The van der Waals surface area contributed by atoms with Crippen molar-refractivity contribution in [2.45, 2.75) is 37.4 Å². The van der Waals surface area contributed by atoms with Crippen molar-refractivity contribution in [1.82, 2.24) is 5.32 Å². The Morgan fingerprint density at radius 1 is 1.00 bits per heavy atom. The van der Waals surface area contributed by atoms with Gasteiger partial charge in [-0.05, 0) is 0 Å². The van der Waals surface area contributed by atoms with Gasteiger partial charge in [-0.2, -0.15) is 0 Å². The Bertz CT molecular complexity index is 123. The van der Waals surface area contributed by atoms with Crippen LogP contribution in [0.2, 0.25) is 4.44 Å². The molecule has 0 radical (unpaired) electrons. The zero-order valence-corrected chi connectivity index (χ0v) is 18.1. The number of thioether (sulfide) groups is 2. The van der Waals surface area contributed by atoms with Gasteiger partial charge in [0.1, 0.15) is 0 Å². The molecule has 0 aliphatic carbocycles. The molecule has 0 amide bonds. The third-order valence-electron chi connectivity index (χ3n) is 1.18. The van der Waals surface area contributed by atoms with Crippen LogP contribution in [0.25, 0.3) is 0 Å². The molecule has 20 heavy (non-hydrogen) atoms. The van der Waals surface area contributed by atoms with Gasteiger partial charge in [0.15, 0.2) is 0 Å². The molecule has 0 fully saturated rings. The fourth-order valence-electron chi connectivity index (χ4n) is 0.694. The first-order valence-corrected chi connectivity index (χ1v) is 11.0. The number of rotatable bonds is 7. The molecule has 0 rings (SSSR count). The molecule has 0 saturated heterocycles. The summed E-state index contributed by atoms with van der Waals surface area (Å²) in [4.78, 5) is 0.